The lowest BCUT2D eigenvalue weighted by Gasteiger charge is -2.14. The van der Waals surface area contributed by atoms with Crippen LogP contribution in [0.3, 0.4) is 0 Å². The molecule has 1 aliphatic carbocycles. The van der Waals surface area contributed by atoms with Gasteiger partial charge in [0.15, 0.2) is 0 Å². The first-order valence-corrected chi connectivity index (χ1v) is 10.6. The van der Waals surface area contributed by atoms with Crippen LogP contribution in [0, 0.1) is 0 Å². The van der Waals surface area contributed by atoms with Gasteiger partial charge in [0.25, 0.3) is 5.56 Å². The lowest BCUT2D eigenvalue weighted by atomic mass is 9.97. The van der Waals surface area contributed by atoms with Gasteiger partial charge in [0.1, 0.15) is 22.2 Å². The molecule has 4 rings (SSSR count). The number of hydrogen-bond donors (Lipinski definition) is 0. The second-order valence-corrected chi connectivity index (χ2v) is 8.40. The zero-order valence-corrected chi connectivity index (χ0v) is 17.1. The fraction of sp³-hybridized carbons (Fsp3) is 0.409. The highest BCUT2D eigenvalue weighted by molar-refractivity contribution is 7.18. The van der Waals surface area contributed by atoms with Crippen molar-refractivity contribution in [2.24, 2.45) is 0 Å². The molecule has 6 heteroatoms. The Bertz CT molecular complexity index is 1100. The van der Waals surface area contributed by atoms with Gasteiger partial charge in [-0.3, -0.25) is 14.2 Å². The molecule has 0 unspecified atom stereocenters. The largest absolute Gasteiger partial charge is 0.496 e. The Morgan fingerprint density at radius 3 is 2.82 bits per heavy atom. The van der Waals surface area contributed by atoms with Crippen LogP contribution in [0.5, 0.6) is 5.75 Å². The highest BCUT2D eigenvalue weighted by Crippen LogP contribution is 2.34. The van der Waals surface area contributed by atoms with Crippen LogP contribution in [0.25, 0.3) is 10.2 Å². The average molecular weight is 397 g/mol. The minimum atomic E-state index is -0.00412. The Hall–Kier alpha value is -2.47. The molecule has 0 amide bonds. The molecular weight excluding hydrogens is 372 g/mol. The van der Waals surface area contributed by atoms with Gasteiger partial charge in [0, 0.05) is 29.8 Å². The molecule has 0 atom stereocenters. The number of benzene rings is 1. The molecule has 0 bridgehead atoms. The predicted molar refractivity (Wildman–Crippen MR) is 112 cm³/mol. The number of aryl methyl sites for hydroxylation is 2. The number of para-hydroxylation sites is 1. The molecule has 146 valence electrons. The number of Topliss-reactive ketones (excluding diaryl/α,β-unsaturated/α-hetero) is 1. The molecule has 0 aliphatic heterocycles. The first-order chi connectivity index (χ1) is 13.6. The van der Waals surface area contributed by atoms with Gasteiger partial charge in [-0.15, -0.1) is 11.3 Å². The predicted octanol–water partition coefficient (Wildman–Crippen LogP) is 3.92. The second-order valence-electron chi connectivity index (χ2n) is 7.32. The summed E-state index contributed by atoms with van der Waals surface area (Å²) in [5.41, 5.74) is 2.16. The number of rotatable bonds is 6. The maximum atomic E-state index is 13.4. The number of carbonyl (C=O) groups excluding carboxylic acids is 1. The molecule has 2 aromatic heterocycles. The van der Waals surface area contributed by atoms with E-state index in [1.165, 1.54) is 16.9 Å². The highest BCUT2D eigenvalue weighted by atomic mass is 32.1. The fourth-order valence-corrected chi connectivity index (χ4v) is 5.21. The molecule has 3 aromatic rings. The van der Waals surface area contributed by atoms with Crippen LogP contribution < -0.4 is 10.3 Å². The van der Waals surface area contributed by atoms with Gasteiger partial charge in [0.2, 0.25) is 0 Å². The van der Waals surface area contributed by atoms with E-state index in [-0.39, 0.29) is 11.3 Å². The SMILES string of the molecule is COc1ccccc1Cc1nc2sc3c(c2c(=O)n1CCC(C)=O)CCCC3. The molecule has 0 radical (unpaired) electrons. The zero-order valence-electron chi connectivity index (χ0n) is 16.3. The van der Waals surface area contributed by atoms with Crippen molar-refractivity contribution in [3.8, 4) is 5.75 Å². The molecule has 28 heavy (non-hydrogen) atoms. The first-order valence-electron chi connectivity index (χ1n) is 9.73. The third-order valence-corrected chi connectivity index (χ3v) is 6.57. The van der Waals surface area contributed by atoms with Crippen LogP contribution in [0.15, 0.2) is 29.1 Å². The van der Waals surface area contributed by atoms with Gasteiger partial charge in [0.05, 0.1) is 12.5 Å². The second kappa shape index (κ2) is 7.87. The number of methoxy groups -OCH3 is 1. The molecule has 5 nitrogen and oxygen atoms in total. The Balaban J connectivity index is 1.87. The van der Waals surface area contributed by atoms with E-state index in [4.69, 9.17) is 9.72 Å². The quantitative estimate of drug-likeness (QED) is 0.634. The first kappa shape index (κ1) is 18.9. The summed E-state index contributed by atoms with van der Waals surface area (Å²) in [6.45, 7) is 1.93. The van der Waals surface area contributed by atoms with Crippen LogP contribution in [-0.4, -0.2) is 22.4 Å². The normalized spacial score (nSPS) is 13.5. The molecule has 1 aromatic carbocycles. The van der Waals surface area contributed by atoms with Crippen molar-refractivity contribution >= 4 is 27.3 Å². The highest BCUT2D eigenvalue weighted by Gasteiger charge is 2.22. The third-order valence-electron chi connectivity index (χ3n) is 5.38. The van der Waals surface area contributed by atoms with Gasteiger partial charge in [-0.1, -0.05) is 18.2 Å². The van der Waals surface area contributed by atoms with Crippen LogP contribution in [-0.2, 0) is 30.6 Å². The van der Waals surface area contributed by atoms with Crippen molar-refractivity contribution in [1.82, 2.24) is 9.55 Å². The summed E-state index contributed by atoms with van der Waals surface area (Å²) in [7, 11) is 1.64. The minimum Gasteiger partial charge on any atom is -0.496 e. The Kier molecular flexibility index (Phi) is 5.31. The van der Waals surface area contributed by atoms with Gasteiger partial charge in [-0.25, -0.2) is 4.98 Å². The molecule has 0 spiro atoms. The summed E-state index contributed by atoms with van der Waals surface area (Å²) in [5.74, 6) is 1.55. The van der Waals surface area contributed by atoms with E-state index in [2.05, 4.69) is 0 Å². The maximum absolute atomic E-state index is 13.4. The lowest BCUT2D eigenvalue weighted by Crippen LogP contribution is -2.27. The minimum absolute atomic E-state index is 0.00412. The fourth-order valence-electron chi connectivity index (χ4n) is 3.93. The summed E-state index contributed by atoms with van der Waals surface area (Å²) in [6, 6.07) is 7.78. The van der Waals surface area contributed by atoms with Crippen molar-refractivity contribution in [1.29, 1.82) is 0 Å². The van der Waals surface area contributed by atoms with E-state index in [0.717, 1.165) is 40.8 Å². The zero-order chi connectivity index (χ0) is 19.7. The monoisotopic (exact) mass is 396 g/mol. The number of fused-ring (bicyclic) bond motifs is 3. The number of ketones is 1. The van der Waals surface area contributed by atoms with E-state index >= 15 is 0 Å². The molecule has 0 saturated carbocycles. The number of thiophene rings is 1. The number of nitrogens with zero attached hydrogens (tertiary/aromatic N) is 2. The third kappa shape index (κ3) is 3.49. The molecule has 2 heterocycles. The number of ether oxygens (including phenoxy) is 1. The van der Waals surface area contributed by atoms with Crippen molar-refractivity contribution in [3.05, 3.63) is 56.4 Å². The van der Waals surface area contributed by atoms with Gasteiger partial charge < -0.3 is 4.74 Å². The van der Waals surface area contributed by atoms with Gasteiger partial charge >= 0.3 is 0 Å². The Morgan fingerprint density at radius 1 is 1.25 bits per heavy atom. The van der Waals surface area contributed by atoms with Crippen molar-refractivity contribution in [2.75, 3.05) is 7.11 Å². The van der Waals surface area contributed by atoms with Crippen LogP contribution in [0.4, 0.5) is 0 Å². The lowest BCUT2D eigenvalue weighted by molar-refractivity contribution is -0.117. The number of carbonyl (C=O) groups is 1. The van der Waals surface area contributed by atoms with Crippen molar-refractivity contribution in [2.45, 2.75) is 52.0 Å². The molecule has 0 N–H and O–H groups in total. The molecule has 1 aliphatic rings. The smallest absolute Gasteiger partial charge is 0.262 e. The number of aromatic nitrogens is 2. The molecular formula is C22H24N2O3S. The summed E-state index contributed by atoms with van der Waals surface area (Å²) < 4.78 is 7.18. The van der Waals surface area contributed by atoms with Crippen LogP contribution in [0.1, 0.15) is 48.0 Å². The van der Waals surface area contributed by atoms with Crippen LogP contribution >= 0.6 is 11.3 Å². The van der Waals surface area contributed by atoms with E-state index in [0.29, 0.717) is 25.2 Å². The standard InChI is InChI=1S/C22H24N2O3S/c1-14(25)11-12-24-19(13-15-7-3-5-9-17(15)27-2)23-21-20(22(24)26)16-8-4-6-10-18(16)28-21/h3,5,7,9H,4,6,8,10-13H2,1-2H3. The molecule has 0 saturated heterocycles. The summed E-state index contributed by atoms with van der Waals surface area (Å²) in [4.78, 5) is 32.1. The van der Waals surface area contributed by atoms with E-state index in [1.807, 2.05) is 24.3 Å². The maximum Gasteiger partial charge on any atom is 0.262 e. The van der Waals surface area contributed by atoms with Gasteiger partial charge in [-0.05, 0) is 44.2 Å². The average Bonchev–Trinajstić information content (AvgIpc) is 3.06. The Morgan fingerprint density at radius 2 is 2.04 bits per heavy atom. The summed E-state index contributed by atoms with van der Waals surface area (Å²) in [6.07, 6.45) is 5.10. The topological polar surface area (TPSA) is 61.2 Å². The van der Waals surface area contributed by atoms with E-state index in [9.17, 15) is 9.59 Å². The van der Waals surface area contributed by atoms with Crippen molar-refractivity contribution in [3.63, 3.8) is 0 Å². The van der Waals surface area contributed by atoms with E-state index < -0.39 is 0 Å². The van der Waals surface area contributed by atoms with Crippen molar-refractivity contribution < 1.29 is 9.53 Å². The Labute approximate surface area is 168 Å². The summed E-state index contributed by atoms with van der Waals surface area (Å²) in [5, 5.41) is 0.770. The summed E-state index contributed by atoms with van der Waals surface area (Å²) >= 11 is 1.66. The van der Waals surface area contributed by atoms with Gasteiger partial charge in [-0.2, -0.15) is 0 Å². The number of hydrogen-bond acceptors (Lipinski definition) is 5. The van der Waals surface area contributed by atoms with E-state index in [1.54, 1.807) is 29.9 Å². The molecule has 0 fully saturated rings. The van der Waals surface area contributed by atoms with Crippen LogP contribution in [0.2, 0.25) is 0 Å².